The van der Waals surface area contributed by atoms with Gasteiger partial charge in [-0.05, 0) is 43.1 Å². The van der Waals surface area contributed by atoms with Crippen LogP contribution in [0.1, 0.15) is 31.7 Å². The standard InChI is InChI=1S/C14H21BrFNO/c1-2-3-8-18-9-4-7-17-11-12-10-13(16)5-6-14(12)15/h5-6,10,17H,2-4,7-9,11H2,1H3. The van der Waals surface area contributed by atoms with Crippen molar-refractivity contribution in [3.8, 4) is 0 Å². The Kier molecular flexibility index (Phi) is 8.22. The zero-order valence-electron chi connectivity index (χ0n) is 10.8. The quantitative estimate of drug-likeness (QED) is 0.698. The molecule has 0 aliphatic rings. The summed E-state index contributed by atoms with van der Waals surface area (Å²) in [5.74, 6) is -0.196. The lowest BCUT2D eigenvalue weighted by Gasteiger charge is -2.07. The van der Waals surface area contributed by atoms with Crippen molar-refractivity contribution in [2.24, 2.45) is 0 Å². The van der Waals surface area contributed by atoms with Crippen LogP contribution in [0.25, 0.3) is 0 Å². The summed E-state index contributed by atoms with van der Waals surface area (Å²) in [5.41, 5.74) is 0.946. The molecule has 0 atom stereocenters. The van der Waals surface area contributed by atoms with Crippen LogP contribution in [0.2, 0.25) is 0 Å². The van der Waals surface area contributed by atoms with Crippen molar-refractivity contribution < 1.29 is 9.13 Å². The number of unbranched alkanes of at least 4 members (excludes halogenated alkanes) is 1. The maximum absolute atomic E-state index is 13.0. The van der Waals surface area contributed by atoms with Crippen molar-refractivity contribution in [3.05, 3.63) is 34.1 Å². The van der Waals surface area contributed by atoms with E-state index in [-0.39, 0.29) is 5.82 Å². The second kappa shape index (κ2) is 9.48. The van der Waals surface area contributed by atoms with E-state index in [0.717, 1.165) is 42.6 Å². The van der Waals surface area contributed by atoms with Crippen LogP contribution in [0.4, 0.5) is 4.39 Å². The Bertz CT molecular complexity index is 347. The third kappa shape index (κ3) is 6.47. The van der Waals surface area contributed by atoms with Crippen LogP contribution in [0, 0.1) is 5.82 Å². The van der Waals surface area contributed by atoms with Crippen LogP contribution in [0.5, 0.6) is 0 Å². The van der Waals surface area contributed by atoms with E-state index in [1.54, 1.807) is 12.1 Å². The van der Waals surface area contributed by atoms with Crippen LogP contribution >= 0.6 is 15.9 Å². The first-order chi connectivity index (χ1) is 8.74. The Morgan fingerprint density at radius 1 is 1.28 bits per heavy atom. The molecule has 1 N–H and O–H groups in total. The third-order valence-corrected chi connectivity index (χ3v) is 3.38. The highest BCUT2D eigenvalue weighted by molar-refractivity contribution is 9.10. The number of hydrogen-bond acceptors (Lipinski definition) is 2. The highest BCUT2D eigenvalue weighted by atomic mass is 79.9. The second-order valence-electron chi connectivity index (χ2n) is 4.23. The van der Waals surface area contributed by atoms with Gasteiger partial charge in [-0.25, -0.2) is 4.39 Å². The van der Waals surface area contributed by atoms with Crippen LogP contribution in [0.15, 0.2) is 22.7 Å². The first kappa shape index (κ1) is 15.6. The van der Waals surface area contributed by atoms with Crippen LogP contribution < -0.4 is 5.32 Å². The molecule has 0 spiro atoms. The molecular formula is C14H21BrFNO. The topological polar surface area (TPSA) is 21.3 Å². The van der Waals surface area contributed by atoms with Gasteiger partial charge in [-0.1, -0.05) is 29.3 Å². The van der Waals surface area contributed by atoms with E-state index in [1.807, 2.05) is 0 Å². The molecule has 0 saturated heterocycles. The minimum Gasteiger partial charge on any atom is -0.381 e. The van der Waals surface area contributed by atoms with Gasteiger partial charge in [-0.2, -0.15) is 0 Å². The molecule has 1 aromatic rings. The molecule has 0 unspecified atom stereocenters. The fourth-order valence-corrected chi connectivity index (χ4v) is 1.94. The summed E-state index contributed by atoms with van der Waals surface area (Å²) in [6.45, 7) is 5.35. The summed E-state index contributed by atoms with van der Waals surface area (Å²) in [5, 5.41) is 3.28. The van der Waals surface area contributed by atoms with Gasteiger partial charge in [-0.3, -0.25) is 0 Å². The molecule has 1 aromatic carbocycles. The minimum atomic E-state index is -0.196. The normalized spacial score (nSPS) is 10.8. The van der Waals surface area contributed by atoms with Gasteiger partial charge in [0.2, 0.25) is 0 Å². The molecule has 18 heavy (non-hydrogen) atoms. The lowest BCUT2D eigenvalue weighted by atomic mass is 10.2. The highest BCUT2D eigenvalue weighted by Crippen LogP contribution is 2.17. The Morgan fingerprint density at radius 3 is 2.83 bits per heavy atom. The number of ether oxygens (including phenoxy) is 1. The predicted molar refractivity (Wildman–Crippen MR) is 76.2 cm³/mol. The van der Waals surface area contributed by atoms with Crippen LogP contribution in [-0.4, -0.2) is 19.8 Å². The van der Waals surface area contributed by atoms with Crippen LogP contribution in [-0.2, 0) is 11.3 Å². The summed E-state index contributed by atoms with van der Waals surface area (Å²) in [4.78, 5) is 0. The number of rotatable bonds is 9. The van der Waals surface area contributed by atoms with Gasteiger partial charge in [0.1, 0.15) is 5.82 Å². The van der Waals surface area contributed by atoms with E-state index in [1.165, 1.54) is 12.5 Å². The lowest BCUT2D eigenvalue weighted by Crippen LogP contribution is -2.17. The van der Waals surface area contributed by atoms with E-state index in [4.69, 9.17) is 4.74 Å². The van der Waals surface area contributed by atoms with Gasteiger partial charge in [0.15, 0.2) is 0 Å². The molecule has 0 radical (unpaired) electrons. The Morgan fingerprint density at radius 2 is 2.06 bits per heavy atom. The number of halogens is 2. The fourth-order valence-electron chi connectivity index (χ4n) is 1.55. The predicted octanol–water partition coefficient (Wildman–Crippen LogP) is 3.88. The van der Waals surface area contributed by atoms with Gasteiger partial charge < -0.3 is 10.1 Å². The van der Waals surface area contributed by atoms with Crippen molar-refractivity contribution >= 4 is 15.9 Å². The van der Waals surface area contributed by atoms with Crippen molar-refractivity contribution in [2.75, 3.05) is 19.8 Å². The fraction of sp³-hybridized carbons (Fsp3) is 0.571. The Hall–Kier alpha value is -0.450. The minimum absolute atomic E-state index is 0.196. The first-order valence-electron chi connectivity index (χ1n) is 6.46. The van der Waals surface area contributed by atoms with Gasteiger partial charge in [0.25, 0.3) is 0 Å². The number of benzene rings is 1. The molecule has 0 fully saturated rings. The van der Waals surface area contributed by atoms with Crippen molar-refractivity contribution in [1.29, 1.82) is 0 Å². The molecular weight excluding hydrogens is 297 g/mol. The molecule has 0 bridgehead atoms. The van der Waals surface area contributed by atoms with Gasteiger partial charge >= 0.3 is 0 Å². The Labute approximate surface area is 117 Å². The monoisotopic (exact) mass is 317 g/mol. The van der Waals surface area contributed by atoms with Gasteiger partial charge in [0.05, 0.1) is 0 Å². The van der Waals surface area contributed by atoms with Gasteiger partial charge in [-0.15, -0.1) is 0 Å². The molecule has 102 valence electrons. The summed E-state index contributed by atoms with van der Waals surface area (Å²) in [7, 11) is 0. The first-order valence-corrected chi connectivity index (χ1v) is 7.25. The van der Waals surface area contributed by atoms with Crippen molar-refractivity contribution in [1.82, 2.24) is 5.32 Å². The zero-order chi connectivity index (χ0) is 13.2. The third-order valence-electron chi connectivity index (χ3n) is 2.61. The summed E-state index contributed by atoms with van der Waals surface area (Å²) < 4.78 is 19.4. The Balaban J connectivity index is 2.09. The van der Waals surface area contributed by atoms with Gasteiger partial charge in [0, 0.05) is 24.2 Å². The largest absolute Gasteiger partial charge is 0.381 e. The van der Waals surface area contributed by atoms with E-state index >= 15 is 0 Å². The van der Waals surface area contributed by atoms with E-state index in [2.05, 4.69) is 28.2 Å². The summed E-state index contributed by atoms with van der Waals surface area (Å²) in [6.07, 6.45) is 3.28. The summed E-state index contributed by atoms with van der Waals surface area (Å²) in [6, 6.07) is 4.74. The molecule has 0 aliphatic heterocycles. The zero-order valence-corrected chi connectivity index (χ0v) is 12.4. The van der Waals surface area contributed by atoms with Crippen molar-refractivity contribution in [3.63, 3.8) is 0 Å². The molecule has 4 heteroatoms. The number of hydrogen-bond donors (Lipinski definition) is 1. The van der Waals surface area contributed by atoms with Crippen LogP contribution in [0.3, 0.4) is 0 Å². The average Bonchev–Trinajstić information content (AvgIpc) is 2.36. The molecule has 1 rings (SSSR count). The van der Waals surface area contributed by atoms with Crippen molar-refractivity contribution in [2.45, 2.75) is 32.7 Å². The average molecular weight is 318 g/mol. The maximum Gasteiger partial charge on any atom is 0.123 e. The van der Waals surface area contributed by atoms with E-state index < -0.39 is 0 Å². The number of nitrogens with one attached hydrogen (secondary N) is 1. The molecule has 0 saturated carbocycles. The highest BCUT2D eigenvalue weighted by Gasteiger charge is 2.01. The summed E-state index contributed by atoms with van der Waals surface area (Å²) >= 11 is 3.41. The second-order valence-corrected chi connectivity index (χ2v) is 5.09. The smallest absolute Gasteiger partial charge is 0.123 e. The van der Waals surface area contributed by atoms with E-state index in [0.29, 0.717) is 6.54 Å². The molecule has 0 heterocycles. The lowest BCUT2D eigenvalue weighted by molar-refractivity contribution is 0.128. The van der Waals surface area contributed by atoms with E-state index in [9.17, 15) is 4.39 Å². The molecule has 0 amide bonds. The maximum atomic E-state index is 13.0. The SMILES string of the molecule is CCCCOCCCNCc1cc(F)ccc1Br. The molecule has 0 aliphatic carbocycles. The molecule has 0 aromatic heterocycles. The molecule has 2 nitrogen and oxygen atoms in total.